The van der Waals surface area contributed by atoms with Crippen LogP contribution in [-0.2, 0) is 26.2 Å². The molecule has 0 aromatic heterocycles. The second-order valence-corrected chi connectivity index (χ2v) is 11.7. The van der Waals surface area contributed by atoms with Gasteiger partial charge in [0.1, 0.15) is 18.4 Å². The van der Waals surface area contributed by atoms with Crippen LogP contribution in [0, 0.1) is 19.7 Å². The third-order valence-electron chi connectivity index (χ3n) is 6.66. The Hall–Kier alpha value is -3.72. The van der Waals surface area contributed by atoms with E-state index in [0.717, 1.165) is 28.3 Å². The molecule has 7 nitrogen and oxygen atoms in total. The van der Waals surface area contributed by atoms with Crippen molar-refractivity contribution in [3.05, 3.63) is 95.3 Å². The molecule has 214 valence electrons. The topological polar surface area (TPSA) is 86.8 Å². The summed E-state index contributed by atoms with van der Waals surface area (Å²) < 4.78 is 42.5. The summed E-state index contributed by atoms with van der Waals surface area (Å²) in [6, 6.07) is 18.2. The molecule has 3 rings (SSSR count). The Morgan fingerprint density at radius 1 is 0.925 bits per heavy atom. The van der Waals surface area contributed by atoms with Gasteiger partial charge < -0.3 is 10.2 Å². The lowest BCUT2D eigenvalue weighted by Crippen LogP contribution is -2.52. The zero-order valence-electron chi connectivity index (χ0n) is 23.6. The Kier molecular flexibility index (Phi) is 10.8. The van der Waals surface area contributed by atoms with E-state index in [2.05, 4.69) is 5.32 Å². The number of halogens is 1. The highest BCUT2D eigenvalue weighted by molar-refractivity contribution is 7.92. The summed E-state index contributed by atoms with van der Waals surface area (Å²) in [5.74, 6) is -1.27. The largest absolute Gasteiger partial charge is 0.354 e. The molecule has 1 N–H and O–H groups in total. The Balaban J connectivity index is 2.03. The van der Waals surface area contributed by atoms with Crippen LogP contribution < -0.4 is 9.62 Å². The van der Waals surface area contributed by atoms with E-state index >= 15 is 0 Å². The number of amides is 2. The normalized spacial score (nSPS) is 12.0. The SMILES string of the molecule is CCCCNC(=O)[C@H](CC)N(Cc1ccc(F)cc1)C(=O)CN(c1cccc(C)c1)S(=O)(=O)c1ccc(C)cc1. The molecule has 0 radical (unpaired) electrons. The maximum Gasteiger partial charge on any atom is 0.264 e. The van der Waals surface area contributed by atoms with Crippen molar-refractivity contribution < 1.29 is 22.4 Å². The summed E-state index contributed by atoms with van der Waals surface area (Å²) in [4.78, 5) is 28.7. The molecule has 3 aromatic rings. The second kappa shape index (κ2) is 14.1. The molecule has 2 amide bonds. The first-order valence-corrected chi connectivity index (χ1v) is 15.0. The van der Waals surface area contributed by atoms with Gasteiger partial charge in [0.15, 0.2) is 0 Å². The molecule has 0 aliphatic rings. The van der Waals surface area contributed by atoms with Crippen molar-refractivity contribution in [3.63, 3.8) is 0 Å². The Bertz CT molecular complexity index is 1390. The molecule has 0 spiro atoms. The first kappa shape index (κ1) is 30.8. The van der Waals surface area contributed by atoms with Crippen molar-refractivity contribution in [3.8, 4) is 0 Å². The molecule has 0 bridgehead atoms. The number of nitrogens with one attached hydrogen (secondary N) is 1. The van der Waals surface area contributed by atoms with Crippen LogP contribution in [0.1, 0.15) is 49.8 Å². The van der Waals surface area contributed by atoms with E-state index in [4.69, 9.17) is 0 Å². The summed E-state index contributed by atoms with van der Waals surface area (Å²) in [6.45, 7) is 7.50. The third kappa shape index (κ3) is 7.91. The lowest BCUT2D eigenvalue weighted by atomic mass is 10.1. The van der Waals surface area contributed by atoms with E-state index in [1.165, 1.54) is 29.2 Å². The number of unbranched alkanes of at least 4 members (excludes halogenated alkanes) is 1. The molecule has 40 heavy (non-hydrogen) atoms. The van der Waals surface area contributed by atoms with Crippen LogP contribution in [0.3, 0.4) is 0 Å². The van der Waals surface area contributed by atoms with Gasteiger partial charge in [-0.1, -0.05) is 62.2 Å². The fourth-order valence-corrected chi connectivity index (χ4v) is 5.77. The summed E-state index contributed by atoms with van der Waals surface area (Å²) in [7, 11) is -4.13. The number of carbonyl (C=O) groups is 2. The van der Waals surface area contributed by atoms with Gasteiger partial charge in [0.05, 0.1) is 10.6 Å². The van der Waals surface area contributed by atoms with E-state index < -0.39 is 34.3 Å². The minimum atomic E-state index is -4.13. The maximum atomic E-state index is 14.0. The zero-order chi connectivity index (χ0) is 29.3. The average Bonchev–Trinajstić information content (AvgIpc) is 2.93. The Labute approximate surface area is 237 Å². The smallest absolute Gasteiger partial charge is 0.264 e. The van der Waals surface area contributed by atoms with Crippen LogP contribution in [0.25, 0.3) is 0 Å². The Morgan fingerprint density at radius 3 is 2.20 bits per heavy atom. The average molecular weight is 568 g/mol. The molecule has 0 saturated heterocycles. The van der Waals surface area contributed by atoms with Crippen molar-refractivity contribution in [2.24, 2.45) is 0 Å². The van der Waals surface area contributed by atoms with Gasteiger partial charge >= 0.3 is 0 Å². The van der Waals surface area contributed by atoms with Crippen LogP contribution in [0.15, 0.2) is 77.7 Å². The number of benzene rings is 3. The molecule has 0 heterocycles. The van der Waals surface area contributed by atoms with Crippen molar-refractivity contribution in [1.82, 2.24) is 10.2 Å². The second-order valence-electron chi connectivity index (χ2n) is 9.88. The minimum Gasteiger partial charge on any atom is -0.354 e. The fourth-order valence-electron chi connectivity index (χ4n) is 4.36. The maximum absolute atomic E-state index is 14.0. The Morgan fingerprint density at radius 2 is 1.60 bits per heavy atom. The van der Waals surface area contributed by atoms with Crippen molar-refractivity contribution in [2.45, 2.75) is 64.4 Å². The first-order valence-electron chi connectivity index (χ1n) is 13.5. The molecule has 9 heteroatoms. The lowest BCUT2D eigenvalue weighted by Gasteiger charge is -2.33. The highest BCUT2D eigenvalue weighted by atomic mass is 32.2. The molecule has 0 saturated carbocycles. The van der Waals surface area contributed by atoms with E-state index in [-0.39, 0.29) is 17.3 Å². The predicted molar refractivity (Wildman–Crippen MR) is 156 cm³/mol. The monoisotopic (exact) mass is 567 g/mol. The summed E-state index contributed by atoms with van der Waals surface area (Å²) >= 11 is 0. The predicted octanol–water partition coefficient (Wildman–Crippen LogP) is 5.36. The summed E-state index contributed by atoms with van der Waals surface area (Å²) in [5.41, 5.74) is 2.70. The van der Waals surface area contributed by atoms with Gasteiger partial charge in [-0.3, -0.25) is 13.9 Å². The van der Waals surface area contributed by atoms with Crippen LogP contribution in [0.4, 0.5) is 10.1 Å². The van der Waals surface area contributed by atoms with Crippen molar-refractivity contribution in [2.75, 3.05) is 17.4 Å². The lowest BCUT2D eigenvalue weighted by molar-refractivity contribution is -0.140. The number of carbonyl (C=O) groups excluding carboxylic acids is 2. The van der Waals surface area contributed by atoms with E-state index in [9.17, 15) is 22.4 Å². The summed E-state index contributed by atoms with van der Waals surface area (Å²) in [5, 5.41) is 2.89. The molecule has 1 atom stereocenters. The molecule has 0 unspecified atom stereocenters. The third-order valence-corrected chi connectivity index (χ3v) is 8.45. The number of anilines is 1. The molecule has 0 fully saturated rings. The zero-order valence-corrected chi connectivity index (χ0v) is 24.4. The van der Waals surface area contributed by atoms with Gasteiger partial charge in [-0.15, -0.1) is 0 Å². The van der Waals surface area contributed by atoms with Crippen molar-refractivity contribution >= 4 is 27.5 Å². The van der Waals surface area contributed by atoms with Crippen LogP contribution >= 0.6 is 0 Å². The van der Waals surface area contributed by atoms with Gasteiger partial charge in [0, 0.05) is 13.1 Å². The van der Waals surface area contributed by atoms with E-state index in [0.29, 0.717) is 24.2 Å². The van der Waals surface area contributed by atoms with Crippen LogP contribution in [-0.4, -0.2) is 44.3 Å². The minimum absolute atomic E-state index is 0.0189. The van der Waals surface area contributed by atoms with Gasteiger partial charge in [-0.25, -0.2) is 12.8 Å². The van der Waals surface area contributed by atoms with Gasteiger partial charge in [-0.05, 0) is 74.2 Å². The van der Waals surface area contributed by atoms with Crippen molar-refractivity contribution in [1.29, 1.82) is 0 Å². The number of hydrogen-bond donors (Lipinski definition) is 1. The molecule has 0 aliphatic carbocycles. The molecule has 3 aromatic carbocycles. The van der Waals surface area contributed by atoms with Crippen LogP contribution in [0.5, 0.6) is 0 Å². The first-order chi connectivity index (χ1) is 19.1. The van der Waals surface area contributed by atoms with E-state index in [1.54, 1.807) is 49.4 Å². The quantitative estimate of drug-likeness (QED) is 0.282. The van der Waals surface area contributed by atoms with E-state index in [1.807, 2.05) is 26.8 Å². The highest BCUT2D eigenvalue weighted by Crippen LogP contribution is 2.26. The molecular weight excluding hydrogens is 529 g/mol. The standard InChI is InChI=1S/C31H38FN3O4S/c1-5-7-19-33-31(37)29(6-2)34(21-25-13-15-26(32)16-14-25)30(36)22-35(27-10-8-9-24(4)20-27)40(38,39)28-17-11-23(3)12-18-28/h8-18,20,29H,5-7,19,21-22H2,1-4H3,(H,33,37)/t29-/m0/s1. The van der Waals surface area contributed by atoms with Crippen LogP contribution in [0.2, 0.25) is 0 Å². The fraction of sp³-hybridized carbons (Fsp3) is 0.355. The number of hydrogen-bond acceptors (Lipinski definition) is 4. The number of nitrogens with zero attached hydrogens (tertiary/aromatic N) is 2. The number of rotatable bonds is 13. The molecular formula is C31H38FN3O4S. The van der Waals surface area contributed by atoms with Gasteiger partial charge in [-0.2, -0.15) is 0 Å². The van der Waals surface area contributed by atoms with Gasteiger partial charge in [0.2, 0.25) is 11.8 Å². The number of aryl methyl sites for hydroxylation is 2. The molecule has 0 aliphatic heterocycles. The summed E-state index contributed by atoms with van der Waals surface area (Å²) in [6.07, 6.45) is 2.02. The number of sulfonamides is 1. The highest BCUT2D eigenvalue weighted by Gasteiger charge is 2.33. The van der Waals surface area contributed by atoms with Gasteiger partial charge in [0.25, 0.3) is 10.0 Å².